The van der Waals surface area contributed by atoms with Crippen molar-refractivity contribution >= 4 is 11.6 Å². The minimum atomic E-state index is -0.468. The molecule has 1 amide bonds. The predicted octanol–water partition coefficient (Wildman–Crippen LogP) is 0.328. The molecule has 23 heavy (non-hydrogen) atoms. The zero-order chi connectivity index (χ0) is 16.7. The van der Waals surface area contributed by atoms with Gasteiger partial charge in [-0.2, -0.15) is 5.10 Å². The molecule has 0 spiro atoms. The lowest BCUT2D eigenvalue weighted by atomic mass is 10.3. The zero-order valence-corrected chi connectivity index (χ0v) is 13.4. The van der Waals surface area contributed by atoms with Crippen molar-refractivity contribution in [2.24, 2.45) is 0 Å². The average molecular weight is 325 g/mol. The first kappa shape index (κ1) is 17.4. The van der Waals surface area contributed by atoms with Crippen molar-refractivity contribution in [2.45, 2.75) is 26.3 Å². The number of morpholine rings is 1. The lowest BCUT2D eigenvalue weighted by molar-refractivity contribution is -0.385. The highest BCUT2D eigenvalue weighted by Gasteiger charge is 2.15. The highest BCUT2D eigenvalue weighted by molar-refractivity contribution is 5.75. The number of ether oxygens (including phenoxy) is 1. The minimum absolute atomic E-state index is 0.0177. The molecule has 2 heterocycles. The Bertz CT molecular complexity index is 539. The van der Waals surface area contributed by atoms with Gasteiger partial charge in [0.25, 0.3) is 0 Å². The minimum Gasteiger partial charge on any atom is -0.379 e. The topological polar surface area (TPSA) is 103 Å². The van der Waals surface area contributed by atoms with Gasteiger partial charge in [0.1, 0.15) is 11.9 Å². The van der Waals surface area contributed by atoms with E-state index in [1.807, 2.05) is 0 Å². The van der Waals surface area contributed by atoms with Gasteiger partial charge in [-0.05, 0) is 19.9 Å². The average Bonchev–Trinajstić information content (AvgIpc) is 2.92. The first-order valence-electron chi connectivity index (χ1n) is 7.81. The smallest absolute Gasteiger partial charge is 0.309 e. The molecule has 2 rings (SSSR count). The van der Waals surface area contributed by atoms with Gasteiger partial charge >= 0.3 is 5.69 Å². The van der Waals surface area contributed by atoms with E-state index in [1.54, 1.807) is 6.92 Å². The van der Waals surface area contributed by atoms with Crippen molar-refractivity contribution in [1.29, 1.82) is 0 Å². The number of carbonyl (C=O) groups excluding carboxylic acids is 1. The SMILES string of the molecule is Cc1nn(CCC(=O)NCCCN2CCOCC2)cc1[N+](=O)[O-]. The zero-order valence-electron chi connectivity index (χ0n) is 13.4. The molecule has 0 atom stereocenters. The van der Waals surface area contributed by atoms with Crippen LogP contribution in [-0.2, 0) is 16.1 Å². The first-order valence-corrected chi connectivity index (χ1v) is 7.81. The summed E-state index contributed by atoms with van der Waals surface area (Å²) in [5.41, 5.74) is 0.344. The van der Waals surface area contributed by atoms with Crippen LogP contribution in [0.5, 0.6) is 0 Å². The number of hydrogen-bond donors (Lipinski definition) is 1. The van der Waals surface area contributed by atoms with E-state index in [2.05, 4.69) is 15.3 Å². The molecule has 0 aliphatic carbocycles. The lowest BCUT2D eigenvalue weighted by Gasteiger charge is -2.26. The molecule has 1 saturated heterocycles. The molecule has 128 valence electrons. The molecule has 1 aromatic rings. The van der Waals surface area contributed by atoms with E-state index < -0.39 is 4.92 Å². The van der Waals surface area contributed by atoms with Gasteiger partial charge in [-0.3, -0.25) is 24.5 Å². The third kappa shape index (κ3) is 5.61. The summed E-state index contributed by atoms with van der Waals surface area (Å²) in [6, 6.07) is 0. The van der Waals surface area contributed by atoms with Gasteiger partial charge < -0.3 is 10.1 Å². The van der Waals surface area contributed by atoms with Crippen molar-refractivity contribution in [3.05, 3.63) is 22.0 Å². The number of amides is 1. The fraction of sp³-hybridized carbons (Fsp3) is 0.714. The van der Waals surface area contributed by atoms with Crippen molar-refractivity contribution in [3.63, 3.8) is 0 Å². The van der Waals surface area contributed by atoms with Crippen molar-refractivity contribution < 1.29 is 14.5 Å². The highest BCUT2D eigenvalue weighted by Crippen LogP contribution is 2.14. The molecule has 0 bridgehead atoms. The van der Waals surface area contributed by atoms with Gasteiger partial charge in [-0.25, -0.2) is 0 Å². The molecule has 0 saturated carbocycles. The Balaban J connectivity index is 1.61. The van der Waals surface area contributed by atoms with Gasteiger partial charge in [-0.15, -0.1) is 0 Å². The van der Waals surface area contributed by atoms with Gasteiger partial charge in [0.2, 0.25) is 5.91 Å². The van der Waals surface area contributed by atoms with E-state index in [0.29, 0.717) is 18.8 Å². The molecule has 1 fully saturated rings. The van der Waals surface area contributed by atoms with E-state index in [-0.39, 0.29) is 18.0 Å². The number of aryl methyl sites for hydroxylation is 2. The fourth-order valence-corrected chi connectivity index (χ4v) is 2.46. The van der Waals surface area contributed by atoms with Gasteiger partial charge in [0, 0.05) is 32.6 Å². The highest BCUT2D eigenvalue weighted by atomic mass is 16.6. The van der Waals surface area contributed by atoms with Crippen LogP contribution in [0.4, 0.5) is 5.69 Å². The maximum Gasteiger partial charge on any atom is 0.309 e. The molecule has 0 radical (unpaired) electrons. The van der Waals surface area contributed by atoms with Crippen LogP contribution in [-0.4, -0.2) is 64.9 Å². The summed E-state index contributed by atoms with van der Waals surface area (Å²) >= 11 is 0. The third-order valence-corrected chi connectivity index (χ3v) is 3.76. The Morgan fingerprint density at radius 3 is 2.83 bits per heavy atom. The van der Waals surface area contributed by atoms with Crippen LogP contribution in [0.3, 0.4) is 0 Å². The maximum atomic E-state index is 11.8. The Labute approximate surface area is 134 Å². The van der Waals surface area contributed by atoms with E-state index in [9.17, 15) is 14.9 Å². The summed E-state index contributed by atoms with van der Waals surface area (Å²) in [4.78, 5) is 24.4. The molecule has 1 N–H and O–H groups in total. The second kappa shape index (κ2) is 8.59. The summed E-state index contributed by atoms with van der Waals surface area (Å²) in [6.45, 7) is 6.97. The molecule has 9 nitrogen and oxygen atoms in total. The van der Waals surface area contributed by atoms with Crippen LogP contribution in [0.25, 0.3) is 0 Å². The van der Waals surface area contributed by atoms with Crippen molar-refractivity contribution in [3.8, 4) is 0 Å². The van der Waals surface area contributed by atoms with Crippen LogP contribution in [0.1, 0.15) is 18.5 Å². The molecule has 1 aromatic heterocycles. The molecular formula is C14H23N5O4. The lowest BCUT2D eigenvalue weighted by Crippen LogP contribution is -2.38. The van der Waals surface area contributed by atoms with Crippen molar-refractivity contribution in [1.82, 2.24) is 20.0 Å². The monoisotopic (exact) mass is 325 g/mol. The van der Waals surface area contributed by atoms with Crippen molar-refractivity contribution in [2.75, 3.05) is 39.4 Å². The van der Waals surface area contributed by atoms with E-state index in [0.717, 1.165) is 39.3 Å². The normalized spacial score (nSPS) is 15.5. The fourth-order valence-electron chi connectivity index (χ4n) is 2.46. The van der Waals surface area contributed by atoms with Crippen LogP contribution in [0.15, 0.2) is 6.20 Å². The third-order valence-electron chi connectivity index (χ3n) is 3.76. The Kier molecular flexibility index (Phi) is 6.48. The Hall–Kier alpha value is -2.00. The summed E-state index contributed by atoms with van der Waals surface area (Å²) in [7, 11) is 0. The maximum absolute atomic E-state index is 11.8. The molecule has 1 aliphatic rings. The van der Waals surface area contributed by atoms with Gasteiger partial charge in [-0.1, -0.05) is 0 Å². The summed E-state index contributed by atoms with van der Waals surface area (Å²) in [6.07, 6.45) is 2.52. The number of rotatable bonds is 8. The van der Waals surface area contributed by atoms with E-state index >= 15 is 0 Å². The van der Waals surface area contributed by atoms with Crippen LogP contribution in [0, 0.1) is 17.0 Å². The second-order valence-corrected chi connectivity index (χ2v) is 5.53. The first-order chi connectivity index (χ1) is 11.1. The number of carbonyl (C=O) groups is 1. The number of hydrogen-bond acceptors (Lipinski definition) is 6. The Morgan fingerprint density at radius 2 is 2.17 bits per heavy atom. The summed E-state index contributed by atoms with van der Waals surface area (Å²) in [5, 5.41) is 17.6. The summed E-state index contributed by atoms with van der Waals surface area (Å²) < 4.78 is 6.73. The predicted molar refractivity (Wildman–Crippen MR) is 83.1 cm³/mol. The number of aromatic nitrogens is 2. The molecule has 1 aliphatic heterocycles. The Morgan fingerprint density at radius 1 is 1.43 bits per heavy atom. The largest absolute Gasteiger partial charge is 0.379 e. The quantitative estimate of drug-likeness (QED) is 0.420. The van der Waals surface area contributed by atoms with Gasteiger partial charge in [0.05, 0.1) is 18.1 Å². The van der Waals surface area contributed by atoms with E-state index in [1.165, 1.54) is 10.9 Å². The number of nitro groups is 1. The molecular weight excluding hydrogens is 302 g/mol. The van der Waals surface area contributed by atoms with Gasteiger partial charge in [0.15, 0.2) is 0 Å². The second-order valence-electron chi connectivity index (χ2n) is 5.53. The number of nitrogens with zero attached hydrogens (tertiary/aromatic N) is 4. The molecule has 0 aromatic carbocycles. The molecule has 9 heteroatoms. The van der Waals surface area contributed by atoms with Crippen LogP contribution in [0.2, 0.25) is 0 Å². The summed E-state index contributed by atoms with van der Waals surface area (Å²) in [5.74, 6) is -0.0669. The standard InChI is InChI=1S/C14H23N5O4/c1-12-13(19(21)22)11-18(16-12)6-3-14(20)15-4-2-5-17-7-9-23-10-8-17/h11H,2-10H2,1H3,(H,15,20). The molecule has 0 unspecified atom stereocenters. The van der Waals surface area contributed by atoms with Crippen LogP contribution >= 0.6 is 0 Å². The van der Waals surface area contributed by atoms with Crippen LogP contribution < -0.4 is 5.32 Å². The number of nitrogens with one attached hydrogen (secondary N) is 1. The van der Waals surface area contributed by atoms with E-state index in [4.69, 9.17) is 4.74 Å².